The van der Waals surface area contributed by atoms with Gasteiger partial charge in [0.15, 0.2) is 6.61 Å². The van der Waals surface area contributed by atoms with Gasteiger partial charge in [-0.05, 0) is 25.1 Å². The molecule has 0 spiro atoms. The quantitative estimate of drug-likeness (QED) is 0.836. The van der Waals surface area contributed by atoms with E-state index in [0.717, 1.165) is 0 Å². The van der Waals surface area contributed by atoms with Crippen LogP contribution in [0.4, 0.5) is 0 Å². The zero-order valence-electron chi connectivity index (χ0n) is 10.7. The highest BCUT2D eigenvalue weighted by atomic mass is 16.5. The van der Waals surface area contributed by atoms with Crippen LogP contribution in [0.25, 0.3) is 0 Å². The molecule has 19 heavy (non-hydrogen) atoms. The van der Waals surface area contributed by atoms with Gasteiger partial charge in [-0.1, -0.05) is 0 Å². The fourth-order valence-electron chi connectivity index (χ4n) is 1.63. The lowest BCUT2D eigenvalue weighted by Gasteiger charge is -2.14. The van der Waals surface area contributed by atoms with E-state index in [9.17, 15) is 4.79 Å². The smallest absolute Gasteiger partial charge is 0.258 e. The molecule has 0 aliphatic heterocycles. The van der Waals surface area contributed by atoms with Crippen molar-refractivity contribution in [3.05, 3.63) is 43.0 Å². The maximum absolute atomic E-state index is 11.7. The average Bonchev–Trinajstić information content (AvgIpc) is 2.90. The number of pyridine rings is 1. The zero-order valence-corrected chi connectivity index (χ0v) is 10.7. The fourth-order valence-corrected chi connectivity index (χ4v) is 1.63. The molecule has 0 fully saturated rings. The summed E-state index contributed by atoms with van der Waals surface area (Å²) in [5.74, 6) is 0.417. The molecule has 1 atom stereocenters. The topological polar surface area (TPSA) is 69.0 Å². The molecule has 2 aromatic rings. The number of ether oxygens (including phenoxy) is 1. The van der Waals surface area contributed by atoms with Gasteiger partial charge >= 0.3 is 0 Å². The highest BCUT2D eigenvalue weighted by molar-refractivity contribution is 5.77. The second-order valence-electron chi connectivity index (χ2n) is 4.17. The number of amides is 1. The Hall–Kier alpha value is -2.37. The molecule has 0 aliphatic carbocycles. The van der Waals surface area contributed by atoms with Crippen LogP contribution in [-0.4, -0.2) is 33.3 Å². The molecule has 0 saturated heterocycles. The fraction of sp³-hybridized carbons (Fsp3) is 0.308. The number of nitrogens with zero attached hydrogens (tertiary/aromatic N) is 3. The van der Waals surface area contributed by atoms with Crippen LogP contribution in [0.2, 0.25) is 0 Å². The van der Waals surface area contributed by atoms with Crippen molar-refractivity contribution in [3.8, 4) is 5.75 Å². The molecule has 2 heterocycles. The highest BCUT2D eigenvalue weighted by Crippen LogP contribution is 2.05. The highest BCUT2D eigenvalue weighted by Gasteiger charge is 2.08. The number of hydrogen-bond donors (Lipinski definition) is 1. The monoisotopic (exact) mass is 260 g/mol. The summed E-state index contributed by atoms with van der Waals surface area (Å²) in [7, 11) is 0. The van der Waals surface area contributed by atoms with Crippen molar-refractivity contribution < 1.29 is 9.53 Å². The van der Waals surface area contributed by atoms with Crippen molar-refractivity contribution in [2.24, 2.45) is 0 Å². The first kappa shape index (κ1) is 13.1. The summed E-state index contributed by atoms with van der Waals surface area (Å²) < 4.78 is 7.08. The third kappa shape index (κ3) is 4.42. The maximum Gasteiger partial charge on any atom is 0.258 e. The molecular weight excluding hydrogens is 244 g/mol. The largest absolute Gasteiger partial charge is 0.482 e. The van der Waals surface area contributed by atoms with E-state index in [0.29, 0.717) is 12.3 Å². The van der Waals surface area contributed by atoms with Crippen LogP contribution in [-0.2, 0) is 11.3 Å². The normalized spacial score (nSPS) is 11.8. The van der Waals surface area contributed by atoms with Gasteiger partial charge in [0.25, 0.3) is 5.91 Å². The van der Waals surface area contributed by atoms with Crippen LogP contribution < -0.4 is 10.1 Å². The third-order valence-corrected chi connectivity index (χ3v) is 2.43. The lowest BCUT2D eigenvalue weighted by molar-refractivity contribution is -0.123. The van der Waals surface area contributed by atoms with E-state index < -0.39 is 0 Å². The van der Waals surface area contributed by atoms with E-state index in [1.54, 1.807) is 35.4 Å². The molecule has 1 amide bonds. The first-order valence-electron chi connectivity index (χ1n) is 6.03. The van der Waals surface area contributed by atoms with Gasteiger partial charge in [0, 0.05) is 24.6 Å². The summed E-state index contributed by atoms with van der Waals surface area (Å²) in [6.45, 7) is 2.53. The Morgan fingerprint density at radius 2 is 2.37 bits per heavy atom. The molecule has 1 unspecified atom stereocenters. The Bertz CT molecular complexity index is 499. The van der Waals surface area contributed by atoms with E-state index >= 15 is 0 Å². The van der Waals surface area contributed by atoms with Crippen molar-refractivity contribution in [3.63, 3.8) is 0 Å². The van der Waals surface area contributed by atoms with Gasteiger partial charge in [-0.25, -0.2) is 0 Å². The molecule has 1 N–H and O–H groups in total. The Morgan fingerprint density at radius 3 is 3.05 bits per heavy atom. The number of hydrogen-bond acceptors (Lipinski definition) is 4. The van der Waals surface area contributed by atoms with E-state index in [1.165, 1.54) is 0 Å². The first-order chi connectivity index (χ1) is 9.24. The number of carbonyl (C=O) groups is 1. The van der Waals surface area contributed by atoms with Gasteiger partial charge < -0.3 is 10.1 Å². The van der Waals surface area contributed by atoms with Gasteiger partial charge in [0.05, 0.1) is 12.7 Å². The summed E-state index contributed by atoms with van der Waals surface area (Å²) >= 11 is 0. The van der Waals surface area contributed by atoms with Crippen molar-refractivity contribution in [1.82, 2.24) is 20.1 Å². The molecule has 100 valence electrons. The number of carbonyl (C=O) groups excluding carboxylic acids is 1. The number of aromatic nitrogens is 3. The average molecular weight is 260 g/mol. The van der Waals surface area contributed by atoms with Crippen LogP contribution in [0, 0.1) is 0 Å². The minimum atomic E-state index is -0.163. The first-order valence-corrected chi connectivity index (χ1v) is 6.03. The minimum Gasteiger partial charge on any atom is -0.482 e. The molecule has 0 saturated carbocycles. The van der Waals surface area contributed by atoms with Gasteiger partial charge in [0.2, 0.25) is 0 Å². The van der Waals surface area contributed by atoms with Crippen molar-refractivity contribution in [2.45, 2.75) is 19.5 Å². The number of nitrogens with one attached hydrogen (secondary N) is 1. The molecule has 6 nitrogen and oxygen atoms in total. The van der Waals surface area contributed by atoms with Gasteiger partial charge in [-0.15, -0.1) is 0 Å². The Kier molecular flexibility index (Phi) is 4.49. The van der Waals surface area contributed by atoms with E-state index in [4.69, 9.17) is 4.74 Å². The molecule has 0 aromatic carbocycles. The standard InChI is InChI=1S/C13H16N4O2/c1-11(9-17-7-3-6-15-17)16-13(18)10-19-12-4-2-5-14-8-12/h2-8,11H,9-10H2,1H3,(H,16,18). The lowest BCUT2D eigenvalue weighted by Crippen LogP contribution is -2.38. The van der Waals surface area contributed by atoms with Crippen LogP contribution in [0.5, 0.6) is 5.75 Å². The lowest BCUT2D eigenvalue weighted by atomic mass is 10.3. The van der Waals surface area contributed by atoms with Gasteiger partial charge in [-0.2, -0.15) is 5.10 Å². The summed E-state index contributed by atoms with van der Waals surface area (Å²) in [5, 5.41) is 6.93. The molecule has 0 aliphatic rings. The Labute approximate surface area is 111 Å². The molecule has 2 aromatic heterocycles. The summed E-state index contributed by atoms with van der Waals surface area (Å²) in [4.78, 5) is 15.6. The van der Waals surface area contributed by atoms with E-state index in [2.05, 4.69) is 15.4 Å². The minimum absolute atomic E-state index is 0.00935. The Balaban J connectivity index is 1.72. The van der Waals surface area contributed by atoms with Crippen LogP contribution in [0.1, 0.15) is 6.92 Å². The van der Waals surface area contributed by atoms with E-state index in [-0.39, 0.29) is 18.6 Å². The second kappa shape index (κ2) is 6.53. The Morgan fingerprint density at radius 1 is 1.47 bits per heavy atom. The second-order valence-corrected chi connectivity index (χ2v) is 4.17. The molecule has 0 bridgehead atoms. The van der Waals surface area contributed by atoms with Crippen molar-refractivity contribution >= 4 is 5.91 Å². The molecular formula is C13H16N4O2. The van der Waals surface area contributed by atoms with Crippen molar-refractivity contribution in [1.29, 1.82) is 0 Å². The summed E-state index contributed by atoms with van der Waals surface area (Å²) in [6, 6.07) is 5.35. The predicted molar refractivity (Wildman–Crippen MR) is 69.6 cm³/mol. The van der Waals surface area contributed by atoms with Crippen LogP contribution >= 0.6 is 0 Å². The maximum atomic E-state index is 11.7. The SMILES string of the molecule is CC(Cn1cccn1)NC(=O)COc1cccnc1. The predicted octanol–water partition coefficient (Wildman–Crippen LogP) is 0.862. The molecule has 2 rings (SSSR count). The molecule has 0 radical (unpaired) electrons. The third-order valence-electron chi connectivity index (χ3n) is 2.43. The van der Waals surface area contributed by atoms with E-state index in [1.807, 2.05) is 19.2 Å². The van der Waals surface area contributed by atoms with Crippen LogP contribution in [0.15, 0.2) is 43.0 Å². The molecule has 6 heteroatoms. The summed E-state index contributed by atoms with van der Waals surface area (Å²) in [6.07, 6.45) is 6.79. The van der Waals surface area contributed by atoms with Crippen molar-refractivity contribution in [2.75, 3.05) is 6.61 Å². The zero-order chi connectivity index (χ0) is 13.5. The van der Waals surface area contributed by atoms with Crippen LogP contribution in [0.3, 0.4) is 0 Å². The van der Waals surface area contributed by atoms with Gasteiger partial charge in [-0.3, -0.25) is 14.5 Å². The van der Waals surface area contributed by atoms with Gasteiger partial charge in [0.1, 0.15) is 5.75 Å². The summed E-state index contributed by atoms with van der Waals surface area (Å²) in [5.41, 5.74) is 0. The number of rotatable bonds is 6.